The summed E-state index contributed by atoms with van der Waals surface area (Å²) in [6.07, 6.45) is 3.70. The van der Waals surface area contributed by atoms with Crippen LogP contribution in [0.1, 0.15) is 52.7 Å². The quantitative estimate of drug-likeness (QED) is 0.365. The van der Waals surface area contributed by atoms with Crippen LogP contribution < -0.4 is 11.1 Å². The number of hydrogen-bond donors (Lipinski definition) is 4. The Balaban J connectivity index is 0.00000512. The van der Waals surface area contributed by atoms with Crippen molar-refractivity contribution < 1.29 is 11.0 Å². The van der Waals surface area contributed by atoms with Crippen LogP contribution in [0.3, 0.4) is 0 Å². The Labute approximate surface area is 186 Å². The maximum absolute atomic E-state index is 12.3. The molecule has 1 aromatic rings. The lowest BCUT2D eigenvalue weighted by Crippen LogP contribution is -2.39. The normalized spacial score (nSPS) is 16.2. The number of aliphatic imine (C=N–C) groups is 1. The van der Waals surface area contributed by atoms with Crippen LogP contribution in [0.2, 0.25) is 0 Å². The molecule has 1 aromatic heterocycles. The molecule has 9 heteroatoms. The smallest absolute Gasteiger partial charge is 0.345 e. The SMILES string of the molecule is Cc1nc(NCC[C@@H](C)C2CCN(C(=O)/N=C(\N)C(C)C)CC2)ccc1C(=N)OC=N.[HH]. The molecule has 0 spiro atoms. The van der Waals surface area contributed by atoms with Gasteiger partial charge < -0.3 is 20.7 Å². The molecule has 2 heterocycles. The van der Waals surface area contributed by atoms with Crippen LogP contribution in [0.15, 0.2) is 17.1 Å². The summed E-state index contributed by atoms with van der Waals surface area (Å²) in [4.78, 5) is 22.6. The van der Waals surface area contributed by atoms with Crippen LogP contribution in [-0.4, -0.2) is 53.7 Å². The third-order valence-corrected chi connectivity index (χ3v) is 5.84. The molecule has 0 bridgehead atoms. The Hall–Kier alpha value is -2.97. The first-order valence-electron chi connectivity index (χ1n) is 10.8. The van der Waals surface area contributed by atoms with Crippen molar-refractivity contribution in [2.75, 3.05) is 25.0 Å². The molecule has 31 heavy (non-hydrogen) atoms. The summed E-state index contributed by atoms with van der Waals surface area (Å²) in [6, 6.07) is 3.38. The van der Waals surface area contributed by atoms with Crippen molar-refractivity contribution in [2.45, 2.75) is 47.0 Å². The number of amidine groups is 1. The van der Waals surface area contributed by atoms with E-state index in [1.54, 1.807) is 11.0 Å². The minimum absolute atomic E-state index is 0. The molecule has 5 N–H and O–H groups in total. The van der Waals surface area contributed by atoms with Crippen LogP contribution in [0.4, 0.5) is 10.6 Å². The van der Waals surface area contributed by atoms with Crippen LogP contribution in [0.25, 0.3) is 0 Å². The predicted molar refractivity (Wildman–Crippen MR) is 126 cm³/mol. The summed E-state index contributed by atoms with van der Waals surface area (Å²) >= 11 is 0. The average Bonchev–Trinajstić information content (AvgIpc) is 2.73. The van der Waals surface area contributed by atoms with E-state index < -0.39 is 0 Å². The fourth-order valence-corrected chi connectivity index (χ4v) is 3.66. The van der Waals surface area contributed by atoms with Crippen molar-refractivity contribution in [1.29, 1.82) is 10.8 Å². The lowest BCUT2D eigenvalue weighted by molar-refractivity contribution is 0.158. The van der Waals surface area contributed by atoms with E-state index in [9.17, 15) is 4.79 Å². The van der Waals surface area contributed by atoms with E-state index in [0.29, 0.717) is 28.9 Å². The number of nitrogens with one attached hydrogen (secondary N) is 3. The maximum Gasteiger partial charge on any atom is 0.345 e. The molecular weight excluding hydrogens is 394 g/mol. The van der Waals surface area contributed by atoms with E-state index >= 15 is 0 Å². The van der Waals surface area contributed by atoms with E-state index in [2.05, 4.69) is 22.2 Å². The Morgan fingerprint density at radius 2 is 2.10 bits per heavy atom. The fraction of sp³-hybridized carbons (Fsp3) is 0.591. The minimum atomic E-state index is -0.219. The Morgan fingerprint density at radius 3 is 2.68 bits per heavy atom. The number of nitrogens with zero attached hydrogens (tertiary/aromatic N) is 3. The van der Waals surface area contributed by atoms with Crippen LogP contribution >= 0.6 is 0 Å². The molecule has 0 aromatic carbocycles. The molecule has 1 aliphatic heterocycles. The fourth-order valence-electron chi connectivity index (χ4n) is 3.66. The van der Waals surface area contributed by atoms with Crippen molar-refractivity contribution in [3.05, 3.63) is 23.4 Å². The number of urea groups is 1. The molecule has 9 nitrogen and oxygen atoms in total. The van der Waals surface area contributed by atoms with Gasteiger partial charge >= 0.3 is 6.03 Å². The van der Waals surface area contributed by atoms with E-state index in [1.165, 1.54) is 0 Å². The summed E-state index contributed by atoms with van der Waals surface area (Å²) in [5.41, 5.74) is 7.07. The Kier molecular flexibility index (Phi) is 8.96. The lowest BCUT2D eigenvalue weighted by Gasteiger charge is -2.34. The molecule has 0 saturated carbocycles. The number of rotatable bonds is 8. The van der Waals surface area contributed by atoms with Gasteiger partial charge in [-0.3, -0.25) is 10.8 Å². The molecule has 172 valence electrons. The summed E-state index contributed by atoms with van der Waals surface area (Å²) in [7, 11) is 0. The topological polar surface area (TPSA) is 141 Å². The number of piperidine rings is 1. The number of pyridine rings is 1. The largest absolute Gasteiger partial charge is 0.428 e. The zero-order chi connectivity index (χ0) is 23.0. The number of aromatic nitrogens is 1. The van der Waals surface area contributed by atoms with Gasteiger partial charge in [-0.2, -0.15) is 4.99 Å². The third-order valence-electron chi connectivity index (χ3n) is 5.84. The Morgan fingerprint density at radius 1 is 1.42 bits per heavy atom. The number of amides is 2. The predicted octanol–water partition coefficient (Wildman–Crippen LogP) is 3.87. The third kappa shape index (κ3) is 7.04. The summed E-state index contributed by atoms with van der Waals surface area (Å²) in [5, 5.41) is 18.1. The van der Waals surface area contributed by atoms with Crippen molar-refractivity contribution in [1.82, 2.24) is 9.88 Å². The zero-order valence-corrected chi connectivity index (χ0v) is 18.9. The molecule has 1 aliphatic rings. The molecule has 2 rings (SSSR count). The second-order valence-corrected chi connectivity index (χ2v) is 8.39. The highest BCUT2D eigenvalue weighted by Gasteiger charge is 2.26. The second kappa shape index (κ2) is 11.4. The monoisotopic (exact) mass is 431 g/mol. The number of ether oxygens (including phenoxy) is 1. The average molecular weight is 432 g/mol. The first-order chi connectivity index (χ1) is 14.7. The van der Waals surface area contributed by atoms with Gasteiger partial charge in [0.15, 0.2) is 6.40 Å². The molecule has 1 saturated heterocycles. The molecule has 0 radical (unpaired) electrons. The number of hydrogen-bond acceptors (Lipinski definition) is 6. The molecule has 2 amide bonds. The summed E-state index contributed by atoms with van der Waals surface area (Å²) in [6.45, 7) is 10.2. The van der Waals surface area contributed by atoms with E-state index in [-0.39, 0.29) is 19.3 Å². The van der Waals surface area contributed by atoms with Crippen molar-refractivity contribution in [3.8, 4) is 0 Å². The molecule has 0 aliphatic carbocycles. The van der Waals surface area contributed by atoms with E-state index in [4.69, 9.17) is 21.3 Å². The lowest BCUT2D eigenvalue weighted by atomic mass is 9.83. The molecular formula is C22H37N7O2. The number of anilines is 1. The number of likely N-dealkylation sites (tertiary alicyclic amines) is 1. The Bertz CT molecular complexity index is 820. The second-order valence-electron chi connectivity index (χ2n) is 8.39. The minimum Gasteiger partial charge on any atom is -0.428 e. The van der Waals surface area contributed by atoms with E-state index in [0.717, 1.165) is 51.1 Å². The number of aryl methyl sites for hydroxylation is 1. The van der Waals surface area contributed by atoms with Gasteiger partial charge in [-0.1, -0.05) is 20.8 Å². The van der Waals surface area contributed by atoms with Gasteiger partial charge in [0, 0.05) is 27.0 Å². The summed E-state index contributed by atoms with van der Waals surface area (Å²) < 4.78 is 4.81. The number of nitrogens with two attached hydrogens (primary N) is 1. The number of carbonyl (C=O) groups excluding carboxylic acids is 1. The van der Waals surface area contributed by atoms with Gasteiger partial charge in [0.2, 0.25) is 5.90 Å². The highest BCUT2D eigenvalue weighted by molar-refractivity contribution is 5.96. The molecule has 1 atom stereocenters. The van der Waals surface area contributed by atoms with Gasteiger partial charge in [0.05, 0.1) is 11.3 Å². The number of carbonyl (C=O) groups is 1. The van der Waals surface area contributed by atoms with Crippen LogP contribution in [-0.2, 0) is 4.74 Å². The maximum atomic E-state index is 12.3. The highest BCUT2D eigenvalue weighted by Crippen LogP contribution is 2.27. The molecule has 1 fully saturated rings. The van der Waals surface area contributed by atoms with Crippen LogP contribution in [0, 0.1) is 35.5 Å². The zero-order valence-electron chi connectivity index (χ0n) is 18.9. The first kappa shape index (κ1) is 24.3. The van der Waals surface area contributed by atoms with Crippen LogP contribution in [0.5, 0.6) is 0 Å². The first-order valence-corrected chi connectivity index (χ1v) is 10.8. The standard InChI is InChI=1S/C22H35N7O2.H2/c1-14(2)20(24)28-22(30)29-11-8-17(9-12-29)15(3)7-10-26-19-6-5-18(16(4)27-19)21(25)31-13-23;/h5-6,13-15,17,23,25H,7-12H2,1-4H3,(H,26,27)(H2,24,28,30);1H/t15-;/m1./s1. The molecule has 0 unspecified atom stereocenters. The highest BCUT2D eigenvalue weighted by atomic mass is 16.5. The van der Waals surface area contributed by atoms with E-state index in [1.807, 2.05) is 26.8 Å². The van der Waals surface area contributed by atoms with Crippen molar-refractivity contribution in [2.24, 2.45) is 28.5 Å². The van der Waals surface area contributed by atoms with Gasteiger partial charge in [0.1, 0.15) is 11.7 Å². The van der Waals surface area contributed by atoms with Gasteiger partial charge in [0.25, 0.3) is 0 Å². The van der Waals surface area contributed by atoms with Crippen molar-refractivity contribution in [3.63, 3.8) is 0 Å². The van der Waals surface area contributed by atoms with Gasteiger partial charge in [-0.25, -0.2) is 9.78 Å². The van der Waals surface area contributed by atoms with Gasteiger partial charge in [-0.05, 0) is 50.2 Å². The van der Waals surface area contributed by atoms with Gasteiger partial charge in [-0.15, -0.1) is 0 Å². The van der Waals surface area contributed by atoms with Crippen molar-refractivity contribution >= 4 is 30.0 Å². The summed E-state index contributed by atoms with van der Waals surface area (Å²) in [5.74, 6) is 2.25.